The number of allylic oxidation sites excluding steroid dienone is 1. The maximum atomic E-state index is 3.54. The van der Waals surface area contributed by atoms with Crippen LogP contribution in [0.3, 0.4) is 0 Å². The predicted molar refractivity (Wildman–Crippen MR) is 77.3 cm³/mol. The predicted octanol–water partition coefficient (Wildman–Crippen LogP) is 4.54. The van der Waals surface area contributed by atoms with Crippen molar-refractivity contribution >= 4 is 0 Å². The summed E-state index contributed by atoms with van der Waals surface area (Å²) in [7, 11) is 0. The second kappa shape index (κ2) is 6.58. The lowest BCUT2D eigenvalue weighted by Gasteiger charge is -2.27. The summed E-state index contributed by atoms with van der Waals surface area (Å²) in [6.45, 7) is 12.5. The van der Waals surface area contributed by atoms with Crippen LogP contribution in [0.25, 0.3) is 0 Å². The third kappa shape index (κ3) is 6.26. The molecule has 1 aliphatic carbocycles. The highest BCUT2D eigenvalue weighted by Crippen LogP contribution is 2.32. The summed E-state index contributed by atoms with van der Waals surface area (Å²) >= 11 is 0. The molecule has 0 aromatic rings. The highest BCUT2D eigenvalue weighted by Gasteiger charge is 2.18. The maximum Gasteiger partial charge on any atom is 0.00966 e. The van der Waals surface area contributed by atoms with E-state index in [2.05, 4.69) is 46.0 Å². The van der Waals surface area contributed by atoms with E-state index in [0.717, 1.165) is 18.4 Å². The first-order chi connectivity index (χ1) is 7.88. The van der Waals surface area contributed by atoms with Crippen molar-refractivity contribution in [1.82, 2.24) is 5.32 Å². The summed E-state index contributed by atoms with van der Waals surface area (Å²) in [6, 6.07) is 0. The fraction of sp³-hybridized carbons (Fsp3) is 0.875. The Morgan fingerprint density at radius 3 is 2.29 bits per heavy atom. The zero-order valence-corrected chi connectivity index (χ0v) is 12.5. The van der Waals surface area contributed by atoms with Gasteiger partial charge in [0.15, 0.2) is 0 Å². The van der Waals surface area contributed by atoms with Gasteiger partial charge >= 0.3 is 0 Å². The topological polar surface area (TPSA) is 12.0 Å². The zero-order chi connectivity index (χ0) is 12.9. The van der Waals surface area contributed by atoms with Crippen LogP contribution in [0.4, 0.5) is 0 Å². The smallest absolute Gasteiger partial charge is 0.00966 e. The molecule has 100 valence electrons. The van der Waals surface area contributed by atoms with Crippen LogP contribution in [0.1, 0.15) is 66.7 Å². The van der Waals surface area contributed by atoms with Crippen molar-refractivity contribution in [3.8, 4) is 0 Å². The van der Waals surface area contributed by atoms with Gasteiger partial charge in [-0.05, 0) is 65.3 Å². The zero-order valence-electron chi connectivity index (χ0n) is 12.5. The van der Waals surface area contributed by atoms with Gasteiger partial charge in [0.05, 0.1) is 0 Å². The average molecular weight is 237 g/mol. The Bertz CT molecular complexity index is 239. The molecule has 1 nitrogen and oxygen atoms in total. The lowest BCUT2D eigenvalue weighted by molar-refractivity contribution is 0.319. The van der Waals surface area contributed by atoms with Crippen molar-refractivity contribution in [2.45, 2.75) is 72.3 Å². The van der Waals surface area contributed by atoms with Gasteiger partial charge in [-0.1, -0.05) is 31.4 Å². The van der Waals surface area contributed by atoms with Gasteiger partial charge in [0, 0.05) is 5.54 Å². The van der Waals surface area contributed by atoms with Gasteiger partial charge in [0.25, 0.3) is 0 Å². The van der Waals surface area contributed by atoms with Crippen molar-refractivity contribution in [2.24, 2.45) is 11.8 Å². The monoisotopic (exact) mass is 237 g/mol. The fourth-order valence-electron chi connectivity index (χ4n) is 2.63. The molecule has 1 saturated carbocycles. The quantitative estimate of drug-likeness (QED) is 0.559. The van der Waals surface area contributed by atoms with Crippen molar-refractivity contribution in [2.75, 3.05) is 6.54 Å². The Balaban J connectivity index is 2.25. The van der Waals surface area contributed by atoms with E-state index in [1.165, 1.54) is 32.1 Å². The van der Waals surface area contributed by atoms with E-state index in [-0.39, 0.29) is 5.54 Å². The minimum absolute atomic E-state index is 0.252. The SMILES string of the molecule is CC(=CCCNC(C)(C)C)C1CCC(C)CC1. The van der Waals surface area contributed by atoms with Crippen molar-refractivity contribution in [3.63, 3.8) is 0 Å². The molecule has 0 unspecified atom stereocenters. The summed E-state index contributed by atoms with van der Waals surface area (Å²) in [5, 5.41) is 3.54. The Morgan fingerprint density at radius 2 is 1.76 bits per heavy atom. The molecule has 0 radical (unpaired) electrons. The van der Waals surface area contributed by atoms with Gasteiger partial charge in [-0.2, -0.15) is 0 Å². The van der Waals surface area contributed by atoms with Gasteiger partial charge < -0.3 is 5.32 Å². The number of nitrogens with one attached hydrogen (secondary N) is 1. The lowest BCUT2D eigenvalue weighted by atomic mass is 9.79. The van der Waals surface area contributed by atoms with E-state index < -0.39 is 0 Å². The number of rotatable bonds is 4. The summed E-state index contributed by atoms with van der Waals surface area (Å²) in [5.74, 6) is 1.84. The molecular formula is C16H31N. The molecule has 1 N–H and O–H groups in total. The Kier molecular flexibility index (Phi) is 5.72. The normalized spacial score (nSPS) is 27.2. The summed E-state index contributed by atoms with van der Waals surface area (Å²) in [4.78, 5) is 0. The molecule has 0 saturated heterocycles. The lowest BCUT2D eigenvalue weighted by Crippen LogP contribution is -2.36. The van der Waals surface area contributed by atoms with E-state index in [9.17, 15) is 0 Å². The summed E-state index contributed by atoms with van der Waals surface area (Å²) < 4.78 is 0. The molecule has 1 heteroatoms. The fourth-order valence-corrected chi connectivity index (χ4v) is 2.63. The van der Waals surface area contributed by atoms with Crippen LogP contribution in [0, 0.1) is 11.8 Å². The van der Waals surface area contributed by atoms with E-state index >= 15 is 0 Å². The van der Waals surface area contributed by atoms with Crippen molar-refractivity contribution in [3.05, 3.63) is 11.6 Å². The molecule has 0 heterocycles. The molecule has 17 heavy (non-hydrogen) atoms. The molecule has 0 aromatic carbocycles. The highest BCUT2D eigenvalue weighted by atomic mass is 14.9. The second-order valence-electron chi connectivity index (χ2n) is 6.87. The molecule has 0 spiro atoms. The van der Waals surface area contributed by atoms with Crippen LogP contribution < -0.4 is 5.32 Å². The molecule has 0 bridgehead atoms. The van der Waals surface area contributed by atoms with Crippen LogP contribution >= 0.6 is 0 Å². The van der Waals surface area contributed by atoms with Crippen LogP contribution in [0.2, 0.25) is 0 Å². The van der Waals surface area contributed by atoms with Crippen molar-refractivity contribution in [1.29, 1.82) is 0 Å². The van der Waals surface area contributed by atoms with Gasteiger partial charge in [0.1, 0.15) is 0 Å². The summed E-state index contributed by atoms with van der Waals surface area (Å²) in [5.41, 5.74) is 1.88. The van der Waals surface area contributed by atoms with Crippen LogP contribution in [0.5, 0.6) is 0 Å². The van der Waals surface area contributed by atoms with E-state index in [1.54, 1.807) is 5.57 Å². The minimum Gasteiger partial charge on any atom is -0.312 e. The minimum atomic E-state index is 0.252. The Morgan fingerprint density at radius 1 is 1.18 bits per heavy atom. The van der Waals surface area contributed by atoms with Gasteiger partial charge in [-0.15, -0.1) is 0 Å². The first kappa shape index (κ1) is 14.8. The van der Waals surface area contributed by atoms with Crippen LogP contribution in [0.15, 0.2) is 11.6 Å². The Hall–Kier alpha value is -0.300. The Labute approximate surface area is 108 Å². The second-order valence-corrected chi connectivity index (χ2v) is 6.87. The first-order valence-corrected chi connectivity index (χ1v) is 7.30. The third-order valence-electron chi connectivity index (χ3n) is 3.93. The van der Waals surface area contributed by atoms with Crippen LogP contribution in [-0.2, 0) is 0 Å². The average Bonchev–Trinajstić information content (AvgIpc) is 2.24. The summed E-state index contributed by atoms with van der Waals surface area (Å²) in [6.07, 6.45) is 9.31. The largest absolute Gasteiger partial charge is 0.312 e. The van der Waals surface area contributed by atoms with Gasteiger partial charge in [-0.25, -0.2) is 0 Å². The maximum absolute atomic E-state index is 3.54. The van der Waals surface area contributed by atoms with Gasteiger partial charge in [0.2, 0.25) is 0 Å². The first-order valence-electron chi connectivity index (χ1n) is 7.30. The highest BCUT2D eigenvalue weighted by molar-refractivity contribution is 5.04. The van der Waals surface area contributed by atoms with Crippen molar-refractivity contribution < 1.29 is 0 Å². The van der Waals surface area contributed by atoms with Gasteiger partial charge in [-0.3, -0.25) is 0 Å². The molecule has 1 fully saturated rings. The third-order valence-corrected chi connectivity index (χ3v) is 3.93. The molecule has 0 atom stereocenters. The molecule has 1 aliphatic rings. The van der Waals surface area contributed by atoms with E-state index in [0.29, 0.717) is 0 Å². The van der Waals surface area contributed by atoms with E-state index in [4.69, 9.17) is 0 Å². The molecular weight excluding hydrogens is 206 g/mol. The van der Waals surface area contributed by atoms with E-state index in [1.807, 2.05) is 0 Å². The number of hydrogen-bond acceptors (Lipinski definition) is 1. The molecule has 0 aromatic heterocycles. The van der Waals surface area contributed by atoms with Crippen LogP contribution in [-0.4, -0.2) is 12.1 Å². The molecule has 1 rings (SSSR count). The molecule has 0 amide bonds. The molecule has 0 aliphatic heterocycles. The number of hydrogen-bond donors (Lipinski definition) is 1. The standard InChI is InChI=1S/C16H31N/c1-13-8-10-15(11-9-13)14(2)7-6-12-17-16(3,4)5/h7,13,15,17H,6,8-12H2,1-5H3.